The van der Waals surface area contributed by atoms with Crippen molar-refractivity contribution >= 4 is 22.7 Å². The maximum atomic E-state index is 12.9. The van der Waals surface area contributed by atoms with E-state index in [0.717, 1.165) is 11.1 Å². The molecule has 0 aliphatic heterocycles. The molecule has 0 saturated heterocycles. The molecule has 0 fully saturated rings. The number of aromatic nitrogens is 2. The minimum atomic E-state index is -0.527. The average Bonchev–Trinajstić information content (AvgIpc) is 2.77. The molecule has 148 valence electrons. The van der Waals surface area contributed by atoms with Crippen LogP contribution in [0.5, 0.6) is 0 Å². The van der Waals surface area contributed by atoms with Gasteiger partial charge in [-0.2, -0.15) is 4.73 Å². The lowest BCUT2D eigenvalue weighted by molar-refractivity contribution is -0.605. The molecule has 0 saturated carbocycles. The van der Waals surface area contributed by atoms with E-state index in [4.69, 9.17) is 0 Å². The fourth-order valence-electron chi connectivity index (χ4n) is 3.05. The summed E-state index contributed by atoms with van der Waals surface area (Å²) in [6.45, 7) is 2.00. The first-order chi connectivity index (χ1) is 14.5. The number of rotatable bonds is 3. The molecule has 0 unspecified atom stereocenters. The predicted molar refractivity (Wildman–Crippen MR) is 112 cm³/mol. The number of nitrogens with zero attached hydrogens (tertiary/aromatic N) is 2. The van der Waals surface area contributed by atoms with E-state index in [1.165, 1.54) is 24.5 Å². The van der Waals surface area contributed by atoms with Crippen molar-refractivity contribution in [2.24, 2.45) is 0 Å². The van der Waals surface area contributed by atoms with Crippen LogP contribution in [0.2, 0.25) is 0 Å². The zero-order valence-electron chi connectivity index (χ0n) is 16.1. The van der Waals surface area contributed by atoms with E-state index >= 15 is 0 Å². The molecule has 0 bridgehead atoms. The highest BCUT2D eigenvalue weighted by Gasteiger charge is 2.15. The van der Waals surface area contributed by atoms with Crippen molar-refractivity contribution in [1.29, 1.82) is 0 Å². The van der Waals surface area contributed by atoms with Gasteiger partial charge in [0.15, 0.2) is 12.4 Å². The Morgan fingerprint density at radius 1 is 0.900 bits per heavy atom. The van der Waals surface area contributed by atoms with E-state index in [2.05, 4.69) is 15.8 Å². The SMILES string of the molecule is Cc1ccc(-c2cc(C(=O)NNC(=O)c3cc[n+]([O-])cc3)c3ccccc3n2)cc1. The Morgan fingerprint density at radius 2 is 1.57 bits per heavy atom. The second-order valence-corrected chi connectivity index (χ2v) is 6.79. The van der Waals surface area contributed by atoms with Gasteiger partial charge in [0.2, 0.25) is 0 Å². The lowest BCUT2D eigenvalue weighted by atomic mass is 10.0. The summed E-state index contributed by atoms with van der Waals surface area (Å²) in [5, 5.41) is 11.8. The van der Waals surface area contributed by atoms with E-state index in [1.54, 1.807) is 6.07 Å². The molecule has 0 aliphatic rings. The highest BCUT2D eigenvalue weighted by molar-refractivity contribution is 6.08. The number of nitrogens with one attached hydrogen (secondary N) is 2. The molecule has 0 aliphatic carbocycles. The van der Waals surface area contributed by atoms with Gasteiger partial charge in [-0.15, -0.1) is 0 Å². The third-order valence-corrected chi connectivity index (χ3v) is 4.66. The highest BCUT2D eigenvalue weighted by Crippen LogP contribution is 2.25. The van der Waals surface area contributed by atoms with Gasteiger partial charge in [-0.25, -0.2) is 4.98 Å². The fraction of sp³-hybridized carbons (Fsp3) is 0.0435. The molecule has 0 atom stereocenters. The molecule has 0 spiro atoms. The summed E-state index contributed by atoms with van der Waals surface area (Å²) in [4.78, 5) is 29.8. The topological polar surface area (TPSA) is 98.0 Å². The van der Waals surface area contributed by atoms with Gasteiger partial charge in [-0.1, -0.05) is 48.0 Å². The minimum absolute atomic E-state index is 0.252. The number of carbonyl (C=O) groups excluding carboxylic acids is 2. The first kappa shape index (κ1) is 19.1. The number of pyridine rings is 2. The number of carbonyl (C=O) groups is 2. The van der Waals surface area contributed by atoms with Crippen LogP contribution in [0.15, 0.2) is 79.1 Å². The monoisotopic (exact) mass is 398 g/mol. The Kier molecular flexibility index (Phi) is 5.09. The van der Waals surface area contributed by atoms with E-state index in [0.29, 0.717) is 26.9 Å². The summed E-state index contributed by atoms with van der Waals surface area (Å²) in [6, 6.07) is 19.6. The van der Waals surface area contributed by atoms with Crippen molar-refractivity contribution in [2.45, 2.75) is 6.92 Å². The normalized spacial score (nSPS) is 10.6. The number of benzene rings is 2. The van der Waals surface area contributed by atoms with Crippen LogP contribution in [0.25, 0.3) is 22.2 Å². The molecule has 4 rings (SSSR count). The highest BCUT2D eigenvalue weighted by atomic mass is 16.5. The van der Waals surface area contributed by atoms with Crippen LogP contribution in [-0.4, -0.2) is 16.8 Å². The molecule has 2 aromatic carbocycles. The van der Waals surface area contributed by atoms with Gasteiger partial charge in [0.05, 0.1) is 22.3 Å². The number of hydrazine groups is 1. The predicted octanol–water partition coefficient (Wildman–Crippen LogP) is 2.92. The van der Waals surface area contributed by atoms with E-state index in [-0.39, 0.29) is 5.56 Å². The summed E-state index contributed by atoms with van der Waals surface area (Å²) in [7, 11) is 0. The maximum absolute atomic E-state index is 12.9. The van der Waals surface area contributed by atoms with Gasteiger partial charge in [0.25, 0.3) is 11.8 Å². The van der Waals surface area contributed by atoms with E-state index in [9.17, 15) is 14.8 Å². The molecule has 7 nitrogen and oxygen atoms in total. The molecular weight excluding hydrogens is 380 g/mol. The van der Waals surface area contributed by atoms with Crippen LogP contribution in [0.1, 0.15) is 26.3 Å². The summed E-state index contributed by atoms with van der Waals surface area (Å²) in [5.74, 6) is -0.994. The largest absolute Gasteiger partial charge is 0.619 e. The number of fused-ring (bicyclic) bond motifs is 1. The smallest absolute Gasteiger partial charge is 0.270 e. The van der Waals surface area contributed by atoms with Crippen molar-refractivity contribution in [3.05, 3.63) is 101 Å². The molecule has 2 amide bonds. The Balaban J connectivity index is 1.63. The molecule has 30 heavy (non-hydrogen) atoms. The second kappa shape index (κ2) is 8.00. The molecule has 2 aromatic heterocycles. The second-order valence-electron chi connectivity index (χ2n) is 6.79. The van der Waals surface area contributed by atoms with Crippen molar-refractivity contribution < 1.29 is 14.3 Å². The standard InChI is InChI=1S/C23H18N4O3/c1-15-6-8-16(9-7-15)21-14-19(18-4-2-3-5-20(18)24-21)23(29)26-25-22(28)17-10-12-27(30)13-11-17/h2-14H,1H3,(H,25,28)(H,26,29). The number of hydrogen-bond acceptors (Lipinski definition) is 4. The summed E-state index contributed by atoms with van der Waals surface area (Å²) >= 11 is 0. The first-order valence-electron chi connectivity index (χ1n) is 9.27. The maximum Gasteiger partial charge on any atom is 0.270 e. The average molecular weight is 398 g/mol. The lowest BCUT2D eigenvalue weighted by Crippen LogP contribution is -2.42. The Labute approximate surface area is 172 Å². The van der Waals surface area contributed by atoms with Gasteiger partial charge in [-0.05, 0) is 19.1 Å². The lowest BCUT2D eigenvalue weighted by Gasteiger charge is -2.11. The number of para-hydroxylation sites is 1. The van der Waals surface area contributed by atoms with Crippen molar-refractivity contribution in [2.75, 3.05) is 0 Å². The summed E-state index contributed by atoms with van der Waals surface area (Å²) < 4.78 is 0.574. The van der Waals surface area contributed by atoms with Crippen LogP contribution >= 0.6 is 0 Å². The number of amides is 2. The third-order valence-electron chi connectivity index (χ3n) is 4.66. The van der Waals surface area contributed by atoms with Crippen molar-refractivity contribution in [3.8, 4) is 11.3 Å². The summed E-state index contributed by atoms with van der Waals surface area (Å²) in [5.41, 5.74) is 8.81. The zero-order chi connectivity index (χ0) is 21.1. The minimum Gasteiger partial charge on any atom is -0.619 e. The zero-order valence-corrected chi connectivity index (χ0v) is 16.1. The Bertz CT molecular complexity index is 1240. The van der Waals surface area contributed by atoms with E-state index < -0.39 is 11.8 Å². The molecular formula is C23H18N4O3. The van der Waals surface area contributed by atoms with Crippen molar-refractivity contribution in [3.63, 3.8) is 0 Å². The van der Waals surface area contributed by atoms with Gasteiger partial charge >= 0.3 is 0 Å². The quantitative estimate of drug-likeness (QED) is 0.315. The number of hydrogen-bond donors (Lipinski definition) is 2. The van der Waals surface area contributed by atoms with Gasteiger partial charge in [-0.3, -0.25) is 20.4 Å². The molecule has 7 heteroatoms. The van der Waals surface area contributed by atoms with Gasteiger partial charge in [0.1, 0.15) is 0 Å². The molecule has 2 N–H and O–H groups in total. The molecule has 0 radical (unpaired) electrons. The Morgan fingerprint density at radius 3 is 2.30 bits per heavy atom. The first-order valence-corrected chi connectivity index (χ1v) is 9.27. The van der Waals surface area contributed by atoms with Crippen LogP contribution in [0.4, 0.5) is 0 Å². The molecule has 4 aromatic rings. The summed E-state index contributed by atoms with van der Waals surface area (Å²) in [6.07, 6.45) is 2.42. The van der Waals surface area contributed by atoms with E-state index in [1.807, 2.05) is 55.5 Å². The Hall–Kier alpha value is -4.26. The third kappa shape index (κ3) is 3.95. The van der Waals surface area contributed by atoms with Crippen molar-refractivity contribution in [1.82, 2.24) is 15.8 Å². The fourth-order valence-corrected chi connectivity index (χ4v) is 3.05. The van der Waals surface area contributed by atoms with Crippen LogP contribution in [-0.2, 0) is 0 Å². The number of aryl methyl sites for hydroxylation is 1. The van der Waals surface area contributed by atoms with Gasteiger partial charge < -0.3 is 5.21 Å². The van der Waals surface area contributed by atoms with Gasteiger partial charge in [0, 0.05) is 23.1 Å². The molecule has 2 heterocycles. The van der Waals surface area contributed by atoms with Crippen LogP contribution in [0, 0.1) is 12.1 Å². The van der Waals surface area contributed by atoms with Crippen LogP contribution < -0.4 is 15.6 Å². The van der Waals surface area contributed by atoms with Crippen LogP contribution in [0.3, 0.4) is 0 Å².